The van der Waals surface area contributed by atoms with Gasteiger partial charge in [-0.1, -0.05) is 23.8 Å². The second kappa shape index (κ2) is 7.78. The topological polar surface area (TPSA) is 42.0 Å². The highest BCUT2D eigenvalue weighted by molar-refractivity contribution is 6.06. The Balaban J connectivity index is 0.00000121. The predicted octanol–water partition coefficient (Wildman–Crippen LogP) is 4.64. The fourth-order valence-electron chi connectivity index (χ4n) is 2.06. The highest BCUT2D eigenvalue weighted by Crippen LogP contribution is 2.15. The Bertz CT molecular complexity index is 773. The molecule has 5 heteroatoms. The number of carbonyl (C=O) groups is 1. The number of carbonyl (C=O) groups excluding carboxylic acids is 1. The maximum absolute atomic E-state index is 12.2. The Hall–Kier alpha value is -2.10. The van der Waals surface area contributed by atoms with Crippen LogP contribution in [0.5, 0.6) is 0 Å². The first-order valence-electron chi connectivity index (χ1n) is 6.45. The first kappa shape index (κ1) is 18.0. The van der Waals surface area contributed by atoms with Crippen LogP contribution >= 0.6 is 24.8 Å². The lowest BCUT2D eigenvalue weighted by Crippen LogP contribution is -2.11. The molecule has 0 spiro atoms. The number of anilines is 1. The number of nitrogens with one attached hydrogen (secondary N) is 1. The molecule has 0 radical (unpaired) electrons. The smallest absolute Gasteiger partial charge is 0.255 e. The number of pyridine rings is 1. The predicted molar refractivity (Wildman–Crippen MR) is 95.4 cm³/mol. The van der Waals surface area contributed by atoms with Gasteiger partial charge in [-0.05, 0) is 43.3 Å². The molecular formula is C17H16Cl2N2O. The Morgan fingerprint density at radius 1 is 1.00 bits per heavy atom. The van der Waals surface area contributed by atoms with Gasteiger partial charge in [0.25, 0.3) is 5.91 Å². The van der Waals surface area contributed by atoms with Crippen molar-refractivity contribution < 1.29 is 4.79 Å². The fourth-order valence-corrected chi connectivity index (χ4v) is 2.06. The summed E-state index contributed by atoms with van der Waals surface area (Å²) in [5.74, 6) is -0.111. The number of fused-ring (bicyclic) bond motifs is 1. The molecular weight excluding hydrogens is 319 g/mol. The van der Waals surface area contributed by atoms with Crippen molar-refractivity contribution in [1.29, 1.82) is 0 Å². The molecule has 0 aliphatic rings. The minimum absolute atomic E-state index is 0. The molecule has 22 heavy (non-hydrogen) atoms. The number of halogens is 2. The molecule has 3 aromatic rings. The average Bonchev–Trinajstić information content (AvgIpc) is 2.49. The van der Waals surface area contributed by atoms with Gasteiger partial charge in [-0.25, -0.2) is 0 Å². The van der Waals surface area contributed by atoms with Crippen molar-refractivity contribution in [1.82, 2.24) is 4.98 Å². The summed E-state index contributed by atoms with van der Waals surface area (Å²) < 4.78 is 0. The maximum Gasteiger partial charge on any atom is 0.255 e. The molecule has 3 rings (SSSR count). The Morgan fingerprint density at radius 3 is 2.45 bits per heavy atom. The molecule has 114 valence electrons. The van der Waals surface area contributed by atoms with Crippen LogP contribution in [0.4, 0.5) is 5.69 Å². The molecule has 0 aliphatic heterocycles. The number of aryl methyl sites for hydroxylation is 1. The van der Waals surface area contributed by atoms with Crippen LogP contribution in [-0.2, 0) is 0 Å². The minimum atomic E-state index is -0.111. The number of hydrogen-bond donors (Lipinski definition) is 1. The lowest BCUT2D eigenvalue weighted by molar-refractivity contribution is 0.102. The van der Waals surface area contributed by atoms with Gasteiger partial charge in [0.2, 0.25) is 0 Å². The Morgan fingerprint density at radius 2 is 1.73 bits per heavy atom. The van der Waals surface area contributed by atoms with Crippen LogP contribution in [0.25, 0.3) is 10.9 Å². The quantitative estimate of drug-likeness (QED) is 0.741. The van der Waals surface area contributed by atoms with E-state index in [0.29, 0.717) is 5.56 Å². The van der Waals surface area contributed by atoms with E-state index >= 15 is 0 Å². The highest BCUT2D eigenvalue weighted by atomic mass is 35.5. The third-order valence-electron chi connectivity index (χ3n) is 3.17. The summed E-state index contributed by atoms with van der Waals surface area (Å²) >= 11 is 0. The summed E-state index contributed by atoms with van der Waals surface area (Å²) in [6.45, 7) is 2.02. The van der Waals surface area contributed by atoms with E-state index in [-0.39, 0.29) is 30.7 Å². The van der Waals surface area contributed by atoms with Crippen molar-refractivity contribution in [2.75, 3.05) is 5.32 Å². The van der Waals surface area contributed by atoms with E-state index < -0.39 is 0 Å². The lowest BCUT2D eigenvalue weighted by Gasteiger charge is -2.06. The van der Waals surface area contributed by atoms with Crippen molar-refractivity contribution in [3.8, 4) is 0 Å². The molecule has 0 atom stereocenters. The second-order valence-corrected chi connectivity index (χ2v) is 4.73. The molecule has 1 aromatic heterocycles. The van der Waals surface area contributed by atoms with Gasteiger partial charge >= 0.3 is 0 Å². The second-order valence-electron chi connectivity index (χ2n) is 4.73. The van der Waals surface area contributed by atoms with Crippen molar-refractivity contribution in [3.63, 3.8) is 0 Å². The van der Waals surface area contributed by atoms with Crippen LogP contribution in [0.3, 0.4) is 0 Å². The van der Waals surface area contributed by atoms with Gasteiger partial charge < -0.3 is 5.32 Å². The summed E-state index contributed by atoms with van der Waals surface area (Å²) in [5, 5.41) is 3.85. The van der Waals surface area contributed by atoms with Gasteiger partial charge in [0.05, 0.1) is 5.52 Å². The number of rotatable bonds is 2. The zero-order chi connectivity index (χ0) is 13.9. The van der Waals surface area contributed by atoms with E-state index in [4.69, 9.17) is 0 Å². The molecule has 0 bridgehead atoms. The van der Waals surface area contributed by atoms with Gasteiger partial charge in [0.1, 0.15) is 0 Å². The van der Waals surface area contributed by atoms with Crippen molar-refractivity contribution >= 4 is 47.3 Å². The molecule has 0 fully saturated rings. The summed E-state index contributed by atoms with van der Waals surface area (Å²) in [4.78, 5) is 16.5. The number of hydrogen-bond acceptors (Lipinski definition) is 2. The maximum atomic E-state index is 12.2. The molecule has 2 aromatic carbocycles. The first-order chi connectivity index (χ1) is 9.72. The summed E-state index contributed by atoms with van der Waals surface area (Å²) in [6, 6.07) is 17.1. The number of aromatic nitrogens is 1. The van der Waals surface area contributed by atoms with Crippen LogP contribution in [-0.4, -0.2) is 10.9 Å². The molecule has 0 saturated carbocycles. The summed E-state index contributed by atoms with van der Waals surface area (Å²) in [7, 11) is 0. The van der Waals surface area contributed by atoms with E-state index in [9.17, 15) is 4.79 Å². The standard InChI is InChI=1S/C17H14N2O.2ClH/c1-12-4-7-15(8-5-12)19-17(20)14-6-9-16-13(11-14)3-2-10-18-16;;/h2-11H,1H3,(H,19,20);2*1H. The van der Waals surface area contributed by atoms with Crippen LogP contribution < -0.4 is 5.32 Å². The van der Waals surface area contributed by atoms with Gasteiger partial charge in [0, 0.05) is 22.8 Å². The molecule has 1 amide bonds. The van der Waals surface area contributed by atoms with Crippen molar-refractivity contribution in [3.05, 3.63) is 71.9 Å². The highest BCUT2D eigenvalue weighted by Gasteiger charge is 2.07. The number of benzene rings is 2. The molecule has 0 saturated heterocycles. The average molecular weight is 335 g/mol. The molecule has 3 nitrogen and oxygen atoms in total. The van der Waals surface area contributed by atoms with Crippen LogP contribution in [0.15, 0.2) is 60.8 Å². The van der Waals surface area contributed by atoms with E-state index in [2.05, 4.69) is 10.3 Å². The molecule has 0 unspecified atom stereocenters. The Kier molecular flexibility index (Phi) is 6.35. The lowest BCUT2D eigenvalue weighted by atomic mass is 10.1. The van der Waals surface area contributed by atoms with Crippen LogP contribution in [0.2, 0.25) is 0 Å². The van der Waals surface area contributed by atoms with Gasteiger partial charge in [-0.3, -0.25) is 9.78 Å². The van der Waals surface area contributed by atoms with Crippen molar-refractivity contribution in [2.45, 2.75) is 6.92 Å². The Labute approximate surface area is 141 Å². The van der Waals surface area contributed by atoms with E-state index in [1.807, 2.05) is 55.5 Å². The largest absolute Gasteiger partial charge is 0.322 e. The molecule has 0 aliphatic carbocycles. The minimum Gasteiger partial charge on any atom is -0.322 e. The fraction of sp³-hybridized carbons (Fsp3) is 0.0588. The number of nitrogens with zero attached hydrogens (tertiary/aromatic N) is 1. The molecule has 1 N–H and O–H groups in total. The number of amides is 1. The van der Waals surface area contributed by atoms with E-state index in [1.54, 1.807) is 12.3 Å². The van der Waals surface area contributed by atoms with Gasteiger partial charge in [-0.2, -0.15) is 0 Å². The summed E-state index contributed by atoms with van der Waals surface area (Å²) in [5.41, 5.74) is 3.48. The van der Waals surface area contributed by atoms with Crippen molar-refractivity contribution in [2.24, 2.45) is 0 Å². The first-order valence-corrected chi connectivity index (χ1v) is 6.45. The normalized spacial score (nSPS) is 9.50. The SMILES string of the molecule is Cc1ccc(NC(=O)c2ccc3ncccc3c2)cc1.Cl.Cl. The van der Waals surface area contributed by atoms with Crippen LogP contribution in [0, 0.1) is 6.92 Å². The third kappa shape index (κ3) is 3.97. The van der Waals surface area contributed by atoms with Crippen LogP contribution in [0.1, 0.15) is 15.9 Å². The zero-order valence-electron chi connectivity index (χ0n) is 11.9. The van der Waals surface area contributed by atoms with E-state index in [1.165, 1.54) is 5.56 Å². The van der Waals surface area contributed by atoms with E-state index in [0.717, 1.165) is 16.6 Å². The van der Waals surface area contributed by atoms with Gasteiger partial charge in [0.15, 0.2) is 0 Å². The third-order valence-corrected chi connectivity index (χ3v) is 3.17. The molecule has 1 heterocycles. The zero-order valence-corrected chi connectivity index (χ0v) is 13.6. The monoisotopic (exact) mass is 334 g/mol. The van der Waals surface area contributed by atoms with Gasteiger partial charge in [-0.15, -0.1) is 24.8 Å². The summed E-state index contributed by atoms with van der Waals surface area (Å²) in [6.07, 6.45) is 1.74.